The van der Waals surface area contributed by atoms with Crippen LogP contribution >= 0.6 is 0 Å². The molecule has 0 saturated heterocycles. The highest BCUT2D eigenvalue weighted by molar-refractivity contribution is 5.90. The molecule has 49 heavy (non-hydrogen) atoms. The third kappa shape index (κ3) is 13.1. The lowest BCUT2D eigenvalue weighted by atomic mass is 10.0. The molecule has 256 valence electrons. The predicted molar refractivity (Wildman–Crippen MR) is 174 cm³/mol. The van der Waals surface area contributed by atoms with Gasteiger partial charge in [0, 0.05) is 0 Å². The molecule has 0 fully saturated rings. The Hall–Kier alpha value is -5.72. The van der Waals surface area contributed by atoms with E-state index in [1.165, 1.54) is 0 Å². The Balaban J connectivity index is 0.922. The summed E-state index contributed by atoms with van der Waals surface area (Å²) in [6, 6.07) is 32.7. The highest BCUT2D eigenvalue weighted by Gasteiger charge is 2.14. The summed E-state index contributed by atoms with van der Waals surface area (Å²) in [6.07, 6.45) is 3.37. The van der Waals surface area contributed by atoms with Gasteiger partial charge in [0.05, 0.1) is 34.4 Å². The lowest BCUT2D eigenvalue weighted by molar-refractivity contribution is -0.452. The molecule has 4 aromatic rings. The lowest BCUT2D eigenvalue weighted by Gasteiger charge is -2.06. The molecule has 4 rings (SSSR count). The molecule has 0 aliphatic carbocycles. The average molecular weight is 673 g/mol. The van der Waals surface area contributed by atoms with Crippen LogP contribution < -0.4 is 0 Å². The number of unbranched alkanes of at least 4 members (excludes halogenated alkanes) is 6. The molecule has 0 saturated carbocycles. The van der Waals surface area contributed by atoms with E-state index in [0.717, 1.165) is 54.4 Å². The standard InChI is InChI=1S/C37H36O12/c38-34(32-22-18-30(19-23-32)28-14-8-6-9-15-28)44-48-46-36(40)42-26-12-4-2-1-3-5-13-27-43-37(41)47-49-45-35(39)33-24-20-31(21-25-33)29-16-10-7-11-17-29/h6-11,14-25H,1-5,12-13,26-27H2. The van der Waals surface area contributed by atoms with Crippen molar-refractivity contribution in [3.05, 3.63) is 120 Å². The zero-order valence-electron chi connectivity index (χ0n) is 26.7. The predicted octanol–water partition coefficient (Wildman–Crippen LogP) is 8.76. The van der Waals surface area contributed by atoms with Gasteiger partial charge in [0.1, 0.15) is 0 Å². The minimum Gasteiger partial charge on any atom is -0.432 e. The molecular weight excluding hydrogens is 636 g/mol. The van der Waals surface area contributed by atoms with Crippen LogP contribution in [0.4, 0.5) is 9.59 Å². The van der Waals surface area contributed by atoms with Crippen LogP contribution in [0, 0.1) is 0 Å². The van der Waals surface area contributed by atoms with Crippen molar-refractivity contribution in [1.82, 2.24) is 0 Å². The van der Waals surface area contributed by atoms with Crippen molar-refractivity contribution >= 4 is 24.2 Å². The van der Waals surface area contributed by atoms with Gasteiger partial charge in [0.25, 0.3) is 0 Å². The van der Waals surface area contributed by atoms with Crippen LogP contribution in [0.3, 0.4) is 0 Å². The summed E-state index contributed by atoms with van der Waals surface area (Å²) in [4.78, 5) is 64.9. The van der Waals surface area contributed by atoms with Crippen molar-refractivity contribution in [1.29, 1.82) is 0 Å². The zero-order valence-corrected chi connectivity index (χ0v) is 26.7. The fourth-order valence-electron chi connectivity index (χ4n) is 4.55. The summed E-state index contributed by atoms with van der Waals surface area (Å²) in [7, 11) is 0. The van der Waals surface area contributed by atoms with Crippen molar-refractivity contribution in [2.24, 2.45) is 0 Å². The fourth-order valence-corrected chi connectivity index (χ4v) is 4.55. The number of carbonyl (C=O) groups is 4. The molecule has 0 spiro atoms. The van der Waals surface area contributed by atoms with Crippen LogP contribution in [0.25, 0.3) is 22.3 Å². The Morgan fingerprint density at radius 1 is 0.367 bits per heavy atom. The van der Waals surface area contributed by atoms with Gasteiger partial charge in [-0.2, -0.15) is 0 Å². The summed E-state index contributed by atoms with van der Waals surface area (Å²) < 4.78 is 9.77. The summed E-state index contributed by atoms with van der Waals surface area (Å²) in [5, 5.41) is 8.51. The van der Waals surface area contributed by atoms with Crippen molar-refractivity contribution < 1.29 is 58.3 Å². The second-order valence-corrected chi connectivity index (χ2v) is 10.6. The molecule has 0 aliphatic rings. The van der Waals surface area contributed by atoms with Gasteiger partial charge < -0.3 is 9.47 Å². The average Bonchev–Trinajstić information content (AvgIpc) is 3.14. The fraction of sp³-hybridized carbons (Fsp3) is 0.243. The SMILES string of the molecule is O=C(OCCCCCCCCCOC(=O)OOOC(=O)c1ccc(-c2ccccc2)cc1)OOOC(=O)c1ccc(-c2ccccc2)cc1. The van der Waals surface area contributed by atoms with E-state index in [1.807, 2.05) is 60.7 Å². The van der Waals surface area contributed by atoms with E-state index in [9.17, 15) is 19.2 Å². The number of rotatable bonds is 18. The van der Waals surface area contributed by atoms with Gasteiger partial charge in [-0.15, -0.1) is 0 Å². The van der Waals surface area contributed by atoms with Crippen LogP contribution in [0.2, 0.25) is 0 Å². The molecule has 0 heterocycles. The van der Waals surface area contributed by atoms with Gasteiger partial charge >= 0.3 is 24.2 Å². The maximum absolute atomic E-state index is 12.1. The van der Waals surface area contributed by atoms with Crippen molar-refractivity contribution in [2.45, 2.75) is 44.9 Å². The summed E-state index contributed by atoms with van der Waals surface area (Å²) in [5.41, 5.74) is 4.31. The van der Waals surface area contributed by atoms with Gasteiger partial charge in [-0.25, -0.2) is 29.0 Å². The highest BCUT2D eigenvalue weighted by Crippen LogP contribution is 2.21. The molecule has 12 heteroatoms. The number of hydrogen-bond donors (Lipinski definition) is 0. The quantitative estimate of drug-likeness (QED) is 0.0431. The number of carbonyl (C=O) groups excluding carboxylic acids is 4. The van der Waals surface area contributed by atoms with Gasteiger partial charge in [0.15, 0.2) is 0 Å². The van der Waals surface area contributed by atoms with Crippen molar-refractivity contribution in [2.75, 3.05) is 13.2 Å². The summed E-state index contributed by atoms with van der Waals surface area (Å²) in [5.74, 6) is -1.65. The first-order chi connectivity index (χ1) is 24.0. The van der Waals surface area contributed by atoms with Crippen LogP contribution in [0.1, 0.15) is 65.7 Å². The Bertz CT molecular complexity index is 1470. The number of ether oxygens (including phenoxy) is 2. The normalized spacial score (nSPS) is 10.4. The lowest BCUT2D eigenvalue weighted by Crippen LogP contribution is -2.12. The monoisotopic (exact) mass is 672 g/mol. The minimum atomic E-state index is -1.12. The molecule has 0 radical (unpaired) electrons. The third-order valence-corrected chi connectivity index (χ3v) is 7.11. The number of hydrogen-bond acceptors (Lipinski definition) is 12. The van der Waals surface area contributed by atoms with E-state index in [1.54, 1.807) is 48.5 Å². The second kappa shape index (κ2) is 20.5. The zero-order chi connectivity index (χ0) is 34.5. The van der Waals surface area contributed by atoms with Gasteiger partial charge in [-0.3, -0.25) is 9.78 Å². The molecule has 0 N–H and O–H groups in total. The molecule has 0 amide bonds. The van der Waals surface area contributed by atoms with Crippen molar-refractivity contribution in [3.8, 4) is 22.3 Å². The van der Waals surface area contributed by atoms with Crippen molar-refractivity contribution in [3.63, 3.8) is 0 Å². The van der Waals surface area contributed by atoms with Crippen LogP contribution in [-0.4, -0.2) is 37.5 Å². The Labute approximate surface area is 283 Å². The number of benzene rings is 4. The third-order valence-electron chi connectivity index (χ3n) is 7.11. The second-order valence-electron chi connectivity index (χ2n) is 10.6. The molecule has 12 nitrogen and oxygen atoms in total. The van der Waals surface area contributed by atoms with Crippen LogP contribution in [0.15, 0.2) is 109 Å². The van der Waals surface area contributed by atoms with Gasteiger partial charge in [-0.05, 0) is 59.4 Å². The van der Waals surface area contributed by atoms with E-state index in [4.69, 9.17) is 9.47 Å². The molecule has 0 aliphatic heterocycles. The molecule has 0 atom stereocenters. The molecule has 0 unspecified atom stereocenters. The van der Waals surface area contributed by atoms with E-state index < -0.39 is 24.2 Å². The Morgan fingerprint density at radius 2 is 0.694 bits per heavy atom. The maximum Gasteiger partial charge on any atom is 0.543 e. The molecule has 0 bridgehead atoms. The topological polar surface area (TPSA) is 142 Å². The Kier molecular flexibility index (Phi) is 15.1. The van der Waals surface area contributed by atoms with E-state index in [0.29, 0.717) is 12.8 Å². The molecule has 0 aromatic heterocycles. The Morgan fingerprint density at radius 3 is 1.06 bits per heavy atom. The summed E-state index contributed by atoms with van der Waals surface area (Å²) >= 11 is 0. The first-order valence-electron chi connectivity index (χ1n) is 15.7. The van der Waals surface area contributed by atoms with Crippen LogP contribution in [0.5, 0.6) is 0 Å². The van der Waals surface area contributed by atoms with E-state index in [2.05, 4.69) is 29.6 Å². The first kappa shape index (κ1) is 36.1. The minimum absolute atomic E-state index is 0.116. The molecular formula is C37H36O12. The van der Waals surface area contributed by atoms with E-state index in [-0.39, 0.29) is 24.3 Å². The first-order valence-corrected chi connectivity index (χ1v) is 15.7. The highest BCUT2D eigenvalue weighted by atomic mass is 17.5. The summed E-state index contributed by atoms with van der Waals surface area (Å²) in [6.45, 7) is 0.232. The smallest absolute Gasteiger partial charge is 0.432 e. The van der Waals surface area contributed by atoms with Gasteiger partial charge in [0.2, 0.25) is 0 Å². The maximum atomic E-state index is 12.1. The van der Waals surface area contributed by atoms with E-state index >= 15 is 0 Å². The van der Waals surface area contributed by atoms with Crippen LogP contribution in [-0.2, 0) is 39.1 Å². The molecule has 4 aromatic carbocycles. The van der Waals surface area contributed by atoms with Gasteiger partial charge in [-0.1, -0.05) is 117 Å². The largest absolute Gasteiger partial charge is 0.543 e.